The van der Waals surface area contributed by atoms with Gasteiger partial charge >= 0.3 is 5.97 Å². The number of ether oxygens (including phenoxy) is 1. The molecule has 0 unspecified atom stereocenters. The number of aryl methyl sites for hydroxylation is 2. The largest absolute Gasteiger partial charge is 0.469 e. The molecule has 0 fully saturated rings. The quantitative estimate of drug-likeness (QED) is 0.687. The smallest absolute Gasteiger partial charge is 0.313 e. The van der Waals surface area contributed by atoms with E-state index in [-0.39, 0.29) is 12.4 Å². The third-order valence-electron chi connectivity index (χ3n) is 2.28. The van der Waals surface area contributed by atoms with Crippen LogP contribution in [0.1, 0.15) is 17.3 Å². The van der Waals surface area contributed by atoms with Crippen LogP contribution >= 0.6 is 0 Å². The predicted molar refractivity (Wildman–Crippen MR) is 56.0 cm³/mol. The van der Waals surface area contributed by atoms with E-state index in [1.807, 2.05) is 19.9 Å². The number of hydrogen-bond acceptors (Lipinski definition) is 5. The molecule has 16 heavy (non-hydrogen) atoms. The maximum absolute atomic E-state index is 11.2. The molecule has 0 bridgehead atoms. The number of carbonyl (C=O) groups is 1. The molecule has 0 aromatic carbocycles. The number of nitrogens with zero attached hydrogens (tertiary/aromatic N) is 4. The number of esters is 1. The number of methoxy groups -OCH3 is 1. The van der Waals surface area contributed by atoms with Gasteiger partial charge in [0, 0.05) is 11.8 Å². The Morgan fingerprint density at radius 3 is 2.88 bits per heavy atom. The molecule has 2 rings (SSSR count). The van der Waals surface area contributed by atoms with Gasteiger partial charge in [-0.3, -0.25) is 9.20 Å². The summed E-state index contributed by atoms with van der Waals surface area (Å²) in [5, 5.41) is 7.95. The van der Waals surface area contributed by atoms with Crippen molar-refractivity contribution in [1.29, 1.82) is 0 Å². The molecule has 0 aliphatic heterocycles. The lowest BCUT2D eigenvalue weighted by atomic mass is 10.4. The van der Waals surface area contributed by atoms with Gasteiger partial charge in [0.2, 0.25) is 0 Å². The van der Waals surface area contributed by atoms with Crippen LogP contribution in [0.25, 0.3) is 5.65 Å². The van der Waals surface area contributed by atoms with Crippen molar-refractivity contribution in [3.63, 3.8) is 0 Å². The van der Waals surface area contributed by atoms with E-state index in [0.29, 0.717) is 11.5 Å². The highest BCUT2D eigenvalue weighted by Gasteiger charge is 2.12. The molecule has 0 amide bonds. The molecule has 0 spiro atoms. The normalized spacial score (nSPS) is 10.7. The molecule has 2 aromatic heterocycles. The van der Waals surface area contributed by atoms with E-state index in [9.17, 15) is 4.79 Å². The van der Waals surface area contributed by atoms with Gasteiger partial charge in [-0.25, -0.2) is 4.98 Å². The Kier molecular flexibility index (Phi) is 2.55. The van der Waals surface area contributed by atoms with E-state index >= 15 is 0 Å². The molecule has 0 radical (unpaired) electrons. The van der Waals surface area contributed by atoms with E-state index < -0.39 is 0 Å². The summed E-state index contributed by atoms with van der Waals surface area (Å²) in [5.74, 6) is 0.972. The molecule has 0 aliphatic rings. The highest BCUT2D eigenvalue weighted by Crippen LogP contribution is 2.08. The Hall–Kier alpha value is -1.98. The van der Waals surface area contributed by atoms with Gasteiger partial charge in [-0.2, -0.15) is 0 Å². The van der Waals surface area contributed by atoms with Gasteiger partial charge in [-0.15, -0.1) is 10.2 Å². The molecular formula is C10H12N4O2. The van der Waals surface area contributed by atoms with Crippen molar-refractivity contribution in [1.82, 2.24) is 19.6 Å². The summed E-state index contributed by atoms with van der Waals surface area (Å²) in [4.78, 5) is 15.5. The standard InChI is InChI=1S/C10H12N4O2/c1-6-4-8-12-13-9(5-10(15)16-3)14(8)7(2)11-6/h4H,5H2,1-3H3. The minimum absolute atomic E-state index is 0.100. The van der Waals surface area contributed by atoms with Crippen molar-refractivity contribution in [2.24, 2.45) is 0 Å². The van der Waals surface area contributed by atoms with Gasteiger partial charge in [0.05, 0.1) is 7.11 Å². The van der Waals surface area contributed by atoms with Crippen molar-refractivity contribution in [2.45, 2.75) is 20.3 Å². The maximum atomic E-state index is 11.2. The SMILES string of the molecule is COC(=O)Cc1nnc2cc(C)nc(C)n12. The molecule has 6 heteroatoms. The topological polar surface area (TPSA) is 69.4 Å². The molecule has 2 heterocycles. The molecular weight excluding hydrogens is 208 g/mol. The summed E-state index contributed by atoms with van der Waals surface area (Å²) in [6.45, 7) is 3.74. The summed E-state index contributed by atoms with van der Waals surface area (Å²) in [6.07, 6.45) is 0.100. The molecule has 2 aromatic rings. The number of carbonyl (C=O) groups excluding carboxylic acids is 1. The monoisotopic (exact) mass is 220 g/mol. The first-order valence-corrected chi connectivity index (χ1v) is 4.87. The molecule has 84 valence electrons. The fourth-order valence-corrected chi connectivity index (χ4v) is 1.62. The average molecular weight is 220 g/mol. The van der Waals surface area contributed by atoms with Crippen LogP contribution in [0, 0.1) is 13.8 Å². The van der Waals surface area contributed by atoms with E-state index in [1.54, 1.807) is 4.40 Å². The second kappa shape index (κ2) is 3.88. The van der Waals surface area contributed by atoms with Gasteiger partial charge in [-0.05, 0) is 13.8 Å². The van der Waals surface area contributed by atoms with Crippen LogP contribution in [-0.4, -0.2) is 32.7 Å². The Labute approximate surface area is 92.3 Å². The second-order valence-corrected chi connectivity index (χ2v) is 3.51. The van der Waals surface area contributed by atoms with Crippen LogP contribution in [-0.2, 0) is 16.0 Å². The van der Waals surface area contributed by atoms with Crippen LogP contribution in [0.4, 0.5) is 0 Å². The first-order chi connectivity index (χ1) is 7.61. The van der Waals surface area contributed by atoms with Crippen molar-refractivity contribution < 1.29 is 9.53 Å². The summed E-state index contributed by atoms with van der Waals surface area (Å²) in [7, 11) is 1.35. The fourth-order valence-electron chi connectivity index (χ4n) is 1.62. The van der Waals surface area contributed by atoms with Gasteiger partial charge < -0.3 is 4.74 Å². The molecule has 6 nitrogen and oxygen atoms in total. The fraction of sp³-hybridized carbons (Fsp3) is 0.400. The van der Waals surface area contributed by atoms with Crippen molar-refractivity contribution in [2.75, 3.05) is 7.11 Å². The average Bonchev–Trinajstić information content (AvgIpc) is 2.61. The maximum Gasteiger partial charge on any atom is 0.313 e. The molecule has 0 N–H and O–H groups in total. The second-order valence-electron chi connectivity index (χ2n) is 3.51. The van der Waals surface area contributed by atoms with Crippen molar-refractivity contribution >= 4 is 11.6 Å². The molecule has 0 atom stereocenters. The first-order valence-electron chi connectivity index (χ1n) is 4.87. The lowest BCUT2D eigenvalue weighted by molar-refractivity contribution is -0.139. The van der Waals surface area contributed by atoms with Crippen LogP contribution in [0.15, 0.2) is 6.07 Å². The molecule has 0 saturated heterocycles. The van der Waals surface area contributed by atoms with Crippen LogP contribution < -0.4 is 0 Å². The zero-order valence-electron chi connectivity index (χ0n) is 9.39. The van der Waals surface area contributed by atoms with Crippen LogP contribution in [0.3, 0.4) is 0 Å². The highest BCUT2D eigenvalue weighted by molar-refractivity contribution is 5.71. The number of hydrogen-bond donors (Lipinski definition) is 0. The third kappa shape index (κ3) is 1.73. The summed E-state index contributed by atoms with van der Waals surface area (Å²) in [6, 6.07) is 1.82. The number of rotatable bonds is 2. The van der Waals surface area contributed by atoms with Gasteiger partial charge in [0.1, 0.15) is 18.1 Å². The zero-order chi connectivity index (χ0) is 11.7. The Bertz CT molecular complexity index is 547. The predicted octanol–water partition coefficient (Wildman–Crippen LogP) is 0.457. The Morgan fingerprint density at radius 1 is 1.44 bits per heavy atom. The highest BCUT2D eigenvalue weighted by atomic mass is 16.5. The summed E-state index contributed by atoms with van der Waals surface area (Å²) >= 11 is 0. The summed E-state index contributed by atoms with van der Waals surface area (Å²) < 4.78 is 6.35. The van der Waals surface area contributed by atoms with Crippen molar-refractivity contribution in [3.05, 3.63) is 23.4 Å². The number of aromatic nitrogens is 4. The Morgan fingerprint density at radius 2 is 2.19 bits per heavy atom. The minimum atomic E-state index is -0.339. The van der Waals surface area contributed by atoms with Crippen LogP contribution in [0.5, 0.6) is 0 Å². The molecule has 0 saturated carbocycles. The van der Waals surface area contributed by atoms with Gasteiger partial charge in [-0.1, -0.05) is 0 Å². The van der Waals surface area contributed by atoms with E-state index in [0.717, 1.165) is 11.5 Å². The summed E-state index contributed by atoms with van der Waals surface area (Å²) in [5.41, 5.74) is 1.57. The lowest BCUT2D eigenvalue weighted by Crippen LogP contribution is -2.10. The van der Waals surface area contributed by atoms with E-state index in [2.05, 4.69) is 19.9 Å². The Balaban J connectivity index is 2.52. The molecule has 0 aliphatic carbocycles. The third-order valence-corrected chi connectivity index (χ3v) is 2.28. The lowest BCUT2D eigenvalue weighted by Gasteiger charge is -2.03. The van der Waals surface area contributed by atoms with Gasteiger partial charge in [0.15, 0.2) is 5.65 Å². The van der Waals surface area contributed by atoms with E-state index in [1.165, 1.54) is 7.11 Å². The zero-order valence-corrected chi connectivity index (χ0v) is 9.39. The van der Waals surface area contributed by atoms with Gasteiger partial charge in [0.25, 0.3) is 0 Å². The van der Waals surface area contributed by atoms with E-state index in [4.69, 9.17) is 0 Å². The first kappa shape index (κ1) is 10.5. The number of fused-ring (bicyclic) bond motifs is 1. The van der Waals surface area contributed by atoms with Crippen LogP contribution in [0.2, 0.25) is 0 Å². The van der Waals surface area contributed by atoms with Crippen molar-refractivity contribution in [3.8, 4) is 0 Å². The minimum Gasteiger partial charge on any atom is -0.469 e.